The van der Waals surface area contributed by atoms with Gasteiger partial charge in [-0.2, -0.15) is 0 Å². The van der Waals surface area contributed by atoms with Crippen molar-refractivity contribution in [1.82, 2.24) is 0 Å². The lowest BCUT2D eigenvalue weighted by atomic mass is 9.82. The zero-order valence-corrected chi connectivity index (χ0v) is 7.17. The number of hydrogen-bond acceptors (Lipinski definition) is 0. The highest BCUT2D eigenvalue weighted by Crippen LogP contribution is 2.38. The van der Waals surface area contributed by atoms with Crippen LogP contribution in [0.3, 0.4) is 0 Å². The maximum absolute atomic E-state index is 5.81. The highest BCUT2D eigenvalue weighted by Gasteiger charge is 2.26. The van der Waals surface area contributed by atoms with Crippen LogP contribution in [0.25, 0.3) is 0 Å². The molecule has 2 heteroatoms. The van der Waals surface area contributed by atoms with Crippen molar-refractivity contribution < 1.29 is 0 Å². The molecule has 0 spiro atoms. The monoisotopic (exact) mass is 166 g/mol. The second kappa shape index (κ2) is 2.67. The molecule has 9 heavy (non-hydrogen) atoms. The van der Waals surface area contributed by atoms with Gasteiger partial charge in [0.2, 0.25) is 0 Å². The Hall–Kier alpha value is 0.580. The average Bonchev–Trinajstić information content (AvgIpc) is 1.53. The lowest BCUT2D eigenvalue weighted by Gasteiger charge is -2.29. The molecule has 0 atom stereocenters. The van der Waals surface area contributed by atoms with E-state index in [1.54, 1.807) is 0 Å². The summed E-state index contributed by atoms with van der Waals surface area (Å²) in [6.07, 6.45) is 4.99. The van der Waals surface area contributed by atoms with Crippen LogP contribution in [0, 0.1) is 5.92 Å². The van der Waals surface area contributed by atoms with Crippen LogP contribution in [0.1, 0.15) is 32.6 Å². The molecule has 54 valence electrons. The van der Waals surface area contributed by atoms with Crippen molar-refractivity contribution in [2.45, 2.75) is 36.9 Å². The molecule has 1 rings (SSSR count). The molecule has 0 heterocycles. The molecule has 1 fully saturated rings. The fraction of sp³-hybridized carbons (Fsp3) is 1.00. The van der Waals surface area contributed by atoms with Crippen molar-refractivity contribution in [2.75, 3.05) is 0 Å². The Morgan fingerprint density at radius 2 is 2.00 bits per heavy atom. The van der Waals surface area contributed by atoms with Crippen molar-refractivity contribution in [2.24, 2.45) is 5.92 Å². The first-order valence-corrected chi connectivity index (χ1v) is 4.21. The zero-order chi connectivity index (χ0) is 6.91. The number of hydrogen-bond donors (Lipinski definition) is 0. The largest absolute Gasteiger partial charge is 0.115 e. The summed E-state index contributed by atoms with van der Waals surface area (Å²) in [6.45, 7) is 1.87. The minimum Gasteiger partial charge on any atom is -0.102 e. The number of halogens is 2. The first-order chi connectivity index (χ1) is 4.08. The van der Waals surface area contributed by atoms with Gasteiger partial charge < -0.3 is 0 Å². The van der Waals surface area contributed by atoms with E-state index in [0.29, 0.717) is 0 Å². The van der Waals surface area contributed by atoms with Gasteiger partial charge in [-0.3, -0.25) is 0 Å². The van der Waals surface area contributed by atoms with E-state index in [2.05, 4.69) is 0 Å². The Kier molecular flexibility index (Phi) is 2.28. The highest BCUT2D eigenvalue weighted by molar-refractivity contribution is 6.48. The first kappa shape index (κ1) is 7.68. The normalized spacial score (nSPS) is 21.7. The Bertz CT molecular complexity index is 89.6. The van der Waals surface area contributed by atoms with E-state index < -0.39 is 4.33 Å². The highest BCUT2D eigenvalue weighted by atomic mass is 35.5. The lowest BCUT2D eigenvalue weighted by Crippen LogP contribution is -2.19. The molecule has 0 bridgehead atoms. The summed E-state index contributed by atoms with van der Waals surface area (Å²) in [5.74, 6) is 0.810. The molecule has 1 aliphatic carbocycles. The third kappa shape index (κ3) is 2.77. The third-order valence-corrected chi connectivity index (χ3v) is 2.18. The van der Waals surface area contributed by atoms with Gasteiger partial charge in [0.1, 0.15) is 4.33 Å². The molecular weight excluding hydrogens is 155 g/mol. The second-order valence-corrected chi connectivity index (χ2v) is 4.93. The van der Waals surface area contributed by atoms with E-state index in [1.807, 2.05) is 6.92 Å². The van der Waals surface area contributed by atoms with Gasteiger partial charge in [0.25, 0.3) is 0 Å². The van der Waals surface area contributed by atoms with Crippen molar-refractivity contribution in [3.8, 4) is 0 Å². The van der Waals surface area contributed by atoms with Crippen LogP contribution in [0.5, 0.6) is 0 Å². The van der Waals surface area contributed by atoms with Crippen molar-refractivity contribution in [3.63, 3.8) is 0 Å². The SMILES string of the molecule is CC(Cl)(Cl)CC1CCC1. The second-order valence-electron chi connectivity index (χ2n) is 3.07. The molecule has 0 amide bonds. The van der Waals surface area contributed by atoms with Gasteiger partial charge in [-0.05, 0) is 19.3 Å². The number of alkyl halides is 2. The van der Waals surface area contributed by atoms with Crippen molar-refractivity contribution >= 4 is 23.2 Å². The predicted molar refractivity (Wildman–Crippen MR) is 42.1 cm³/mol. The van der Waals surface area contributed by atoms with Crippen LogP contribution in [0.15, 0.2) is 0 Å². The van der Waals surface area contributed by atoms with Gasteiger partial charge in [-0.1, -0.05) is 19.3 Å². The van der Waals surface area contributed by atoms with E-state index in [1.165, 1.54) is 19.3 Å². The molecule has 0 aromatic carbocycles. The fourth-order valence-electron chi connectivity index (χ4n) is 1.20. The Labute approximate surface area is 66.5 Å². The summed E-state index contributed by atoms with van der Waals surface area (Å²) in [4.78, 5) is 0. The zero-order valence-electron chi connectivity index (χ0n) is 5.66. The van der Waals surface area contributed by atoms with Crippen LogP contribution >= 0.6 is 23.2 Å². The molecule has 0 N–H and O–H groups in total. The molecular formula is C7H12Cl2. The first-order valence-electron chi connectivity index (χ1n) is 3.46. The summed E-state index contributed by atoms with van der Waals surface area (Å²) in [7, 11) is 0. The standard InChI is InChI=1S/C7H12Cl2/c1-7(8,9)5-6-3-2-4-6/h6H,2-5H2,1H3. The summed E-state index contributed by atoms with van der Waals surface area (Å²) in [5, 5.41) is 0. The summed E-state index contributed by atoms with van der Waals surface area (Å²) in [6, 6.07) is 0. The topological polar surface area (TPSA) is 0 Å². The van der Waals surface area contributed by atoms with Crippen LogP contribution in [-0.4, -0.2) is 4.33 Å². The molecule has 0 radical (unpaired) electrons. The van der Waals surface area contributed by atoms with Crippen LogP contribution in [0.4, 0.5) is 0 Å². The lowest BCUT2D eigenvalue weighted by molar-refractivity contribution is 0.288. The van der Waals surface area contributed by atoms with E-state index in [9.17, 15) is 0 Å². The Morgan fingerprint density at radius 3 is 2.11 bits per heavy atom. The van der Waals surface area contributed by atoms with Gasteiger partial charge in [-0.15, -0.1) is 23.2 Å². The molecule has 1 saturated carbocycles. The van der Waals surface area contributed by atoms with Crippen molar-refractivity contribution in [3.05, 3.63) is 0 Å². The van der Waals surface area contributed by atoms with Gasteiger partial charge >= 0.3 is 0 Å². The van der Waals surface area contributed by atoms with Crippen LogP contribution in [0.2, 0.25) is 0 Å². The van der Waals surface area contributed by atoms with Gasteiger partial charge in [0.15, 0.2) is 0 Å². The summed E-state index contributed by atoms with van der Waals surface area (Å²) >= 11 is 11.6. The van der Waals surface area contributed by atoms with Crippen molar-refractivity contribution in [1.29, 1.82) is 0 Å². The Balaban J connectivity index is 2.16. The number of rotatable bonds is 2. The van der Waals surface area contributed by atoms with E-state index in [4.69, 9.17) is 23.2 Å². The van der Waals surface area contributed by atoms with Crippen LogP contribution < -0.4 is 0 Å². The fourth-order valence-corrected chi connectivity index (χ4v) is 1.64. The van der Waals surface area contributed by atoms with Gasteiger partial charge in [-0.25, -0.2) is 0 Å². The summed E-state index contributed by atoms with van der Waals surface area (Å²) < 4.78 is -0.481. The molecule has 0 saturated heterocycles. The smallest absolute Gasteiger partial charge is 0.102 e. The van der Waals surface area contributed by atoms with Gasteiger partial charge in [0, 0.05) is 0 Å². The van der Waals surface area contributed by atoms with E-state index >= 15 is 0 Å². The molecule has 1 aliphatic rings. The minimum atomic E-state index is -0.481. The minimum absolute atomic E-state index is 0.481. The van der Waals surface area contributed by atoms with E-state index in [-0.39, 0.29) is 0 Å². The van der Waals surface area contributed by atoms with Gasteiger partial charge in [0.05, 0.1) is 0 Å². The van der Waals surface area contributed by atoms with Crippen LogP contribution in [-0.2, 0) is 0 Å². The molecule has 0 aliphatic heterocycles. The molecule has 0 nitrogen and oxygen atoms in total. The third-order valence-electron chi connectivity index (χ3n) is 1.87. The Morgan fingerprint density at radius 1 is 1.44 bits per heavy atom. The molecule has 0 aromatic heterocycles. The predicted octanol–water partition coefficient (Wildman–Crippen LogP) is 3.37. The quantitative estimate of drug-likeness (QED) is 0.553. The maximum atomic E-state index is 5.81. The maximum Gasteiger partial charge on any atom is 0.115 e. The summed E-state index contributed by atoms with van der Waals surface area (Å²) in [5.41, 5.74) is 0. The molecule has 0 unspecified atom stereocenters. The average molecular weight is 167 g/mol. The molecule has 0 aromatic rings. The van der Waals surface area contributed by atoms with E-state index in [0.717, 1.165) is 12.3 Å².